The number of nitrogens with two attached hydrogens (primary N) is 1. The van der Waals surface area contributed by atoms with Crippen molar-refractivity contribution < 1.29 is 14.6 Å². The summed E-state index contributed by atoms with van der Waals surface area (Å²) in [5.74, 6) is 5.92. The molecular formula is C14H22N4O3. The van der Waals surface area contributed by atoms with Gasteiger partial charge in [0.15, 0.2) is 0 Å². The Morgan fingerprint density at radius 3 is 3.00 bits per heavy atom. The molecule has 2 rings (SSSR count). The van der Waals surface area contributed by atoms with Crippen molar-refractivity contribution in [3.05, 3.63) is 23.4 Å². The maximum absolute atomic E-state index is 12.7. The molecule has 0 bridgehead atoms. The van der Waals surface area contributed by atoms with Gasteiger partial charge in [-0.2, -0.15) is 0 Å². The van der Waals surface area contributed by atoms with Crippen LogP contribution >= 0.6 is 0 Å². The highest BCUT2D eigenvalue weighted by Gasteiger charge is 2.28. The molecule has 0 aliphatic carbocycles. The Morgan fingerprint density at radius 2 is 2.38 bits per heavy atom. The first kappa shape index (κ1) is 15.7. The molecule has 1 amide bonds. The van der Waals surface area contributed by atoms with Crippen LogP contribution in [0.3, 0.4) is 0 Å². The van der Waals surface area contributed by atoms with Gasteiger partial charge >= 0.3 is 0 Å². The Bertz CT molecular complexity index is 507. The molecule has 4 N–H and O–H groups in total. The molecule has 0 radical (unpaired) electrons. The number of hydrazine groups is 1. The lowest BCUT2D eigenvalue weighted by Crippen LogP contribution is -2.50. The third-order valence-electron chi connectivity index (χ3n) is 3.53. The smallest absolute Gasteiger partial charge is 0.254 e. The number of nitrogens with zero attached hydrogens (tertiary/aromatic N) is 2. The minimum atomic E-state index is -0.309. The third kappa shape index (κ3) is 3.49. The number of carbonyl (C=O) groups is 1. The van der Waals surface area contributed by atoms with E-state index < -0.39 is 0 Å². The first-order valence-corrected chi connectivity index (χ1v) is 7.05. The fourth-order valence-electron chi connectivity index (χ4n) is 2.28. The predicted molar refractivity (Wildman–Crippen MR) is 78.9 cm³/mol. The summed E-state index contributed by atoms with van der Waals surface area (Å²) in [7, 11) is 0. The Balaban J connectivity index is 2.31. The highest BCUT2D eigenvalue weighted by atomic mass is 16.5. The van der Waals surface area contributed by atoms with E-state index in [1.807, 2.05) is 13.8 Å². The van der Waals surface area contributed by atoms with Crippen molar-refractivity contribution in [2.75, 3.05) is 31.8 Å². The molecule has 1 saturated heterocycles. The van der Waals surface area contributed by atoms with Crippen LogP contribution in [-0.4, -0.2) is 53.3 Å². The van der Waals surface area contributed by atoms with Crippen molar-refractivity contribution in [2.45, 2.75) is 25.8 Å². The van der Waals surface area contributed by atoms with Crippen LogP contribution in [0.5, 0.6) is 0 Å². The SMILES string of the molecule is CC(C)c1cc(C(=O)N2CCOCC2CO)cc(NN)n1. The van der Waals surface area contributed by atoms with Crippen LogP contribution in [0.25, 0.3) is 0 Å². The van der Waals surface area contributed by atoms with E-state index in [1.54, 1.807) is 17.0 Å². The lowest BCUT2D eigenvalue weighted by molar-refractivity contribution is -0.0184. The largest absolute Gasteiger partial charge is 0.394 e. The monoisotopic (exact) mass is 294 g/mol. The van der Waals surface area contributed by atoms with Gasteiger partial charge in [-0.3, -0.25) is 4.79 Å². The van der Waals surface area contributed by atoms with E-state index in [9.17, 15) is 9.90 Å². The Hall–Kier alpha value is -1.70. The van der Waals surface area contributed by atoms with Gasteiger partial charge in [-0.25, -0.2) is 10.8 Å². The molecule has 0 saturated carbocycles. The van der Waals surface area contributed by atoms with Gasteiger partial charge in [0, 0.05) is 17.8 Å². The number of nitrogens with one attached hydrogen (secondary N) is 1. The van der Waals surface area contributed by atoms with Crippen molar-refractivity contribution in [2.24, 2.45) is 5.84 Å². The molecule has 7 heteroatoms. The average Bonchev–Trinajstić information content (AvgIpc) is 2.53. The molecule has 1 fully saturated rings. The molecule has 7 nitrogen and oxygen atoms in total. The number of ether oxygens (including phenoxy) is 1. The highest BCUT2D eigenvalue weighted by molar-refractivity contribution is 5.95. The molecule has 0 spiro atoms. The van der Waals surface area contributed by atoms with Crippen LogP contribution in [0.4, 0.5) is 5.82 Å². The molecule has 1 atom stereocenters. The quantitative estimate of drug-likeness (QED) is 0.546. The summed E-state index contributed by atoms with van der Waals surface area (Å²) in [5, 5.41) is 9.38. The van der Waals surface area contributed by atoms with Crippen molar-refractivity contribution >= 4 is 11.7 Å². The molecule has 1 aliphatic rings. The molecule has 116 valence electrons. The zero-order valence-corrected chi connectivity index (χ0v) is 12.4. The highest BCUT2D eigenvalue weighted by Crippen LogP contribution is 2.20. The van der Waals surface area contributed by atoms with Gasteiger partial charge in [0.2, 0.25) is 0 Å². The second kappa shape index (κ2) is 6.84. The standard InChI is InChI=1S/C14H22N4O3/c1-9(2)12-5-10(6-13(16-12)17-15)14(20)18-3-4-21-8-11(18)7-19/h5-6,9,11,19H,3-4,7-8,15H2,1-2H3,(H,16,17). The lowest BCUT2D eigenvalue weighted by Gasteiger charge is -2.34. The van der Waals surface area contributed by atoms with Gasteiger partial charge in [-0.15, -0.1) is 0 Å². The Kier molecular flexibility index (Phi) is 5.11. The zero-order chi connectivity index (χ0) is 15.4. The van der Waals surface area contributed by atoms with E-state index in [2.05, 4.69) is 10.4 Å². The number of aliphatic hydroxyl groups excluding tert-OH is 1. The fourth-order valence-corrected chi connectivity index (χ4v) is 2.28. The first-order chi connectivity index (χ1) is 10.1. The zero-order valence-electron chi connectivity index (χ0n) is 12.4. The van der Waals surface area contributed by atoms with E-state index >= 15 is 0 Å². The number of pyridine rings is 1. The normalized spacial score (nSPS) is 18.9. The molecular weight excluding hydrogens is 272 g/mol. The lowest BCUT2D eigenvalue weighted by atomic mass is 10.1. The second-order valence-corrected chi connectivity index (χ2v) is 5.37. The number of anilines is 1. The van der Waals surface area contributed by atoms with Crippen molar-refractivity contribution in [1.29, 1.82) is 0 Å². The Labute approximate surface area is 124 Å². The van der Waals surface area contributed by atoms with Gasteiger partial charge < -0.3 is 20.2 Å². The van der Waals surface area contributed by atoms with Crippen LogP contribution in [0.15, 0.2) is 12.1 Å². The van der Waals surface area contributed by atoms with Gasteiger partial charge in [0.25, 0.3) is 5.91 Å². The number of rotatable bonds is 4. The van der Waals surface area contributed by atoms with Crippen molar-refractivity contribution in [3.63, 3.8) is 0 Å². The minimum absolute atomic E-state index is 0.115. The summed E-state index contributed by atoms with van der Waals surface area (Å²) in [5.41, 5.74) is 3.80. The minimum Gasteiger partial charge on any atom is -0.394 e. The van der Waals surface area contributed by atoms with Crippen LogP contribution in [0, 0.1) is 0 Å². The Morgan fingerprint density at radius 1 is 1.62 bits per heavy atom. The van der Waals surface area contributed by atoms with Crippen molar-refractivity contribution in [3.8, 4) is 0 Å². The van der Waals surface area contributed by atoms with E-state index in [1.165, 1.54) is 0 Å². The van der Waals surface area contributed by atoms with Gasteiger partial charge in [-0.05, 0) is 18.1 Å². The van der Waals surface area contributed by atoms with Crippen LogP contribution < -0.4 is 11.3 Å². The molecule has 1 aliphatic heterocycles. The summed E-state index contributed by atoms with van der Waals surface area (Å²) in [6.07, 6.45) is 0. The van der Waals surface area contributed by atoms with Crippen LogP contribution in [-0.2, 0) is 4.74 Å². The number of nitrogen functional groups attached to an aromatic ring is 1. The molecule has 1 aromatic rings. The number of carbonyl (C=O) groups excluding carboxylic acids is 1. The van der Waals surface area contributed by atoms with E-state index in [0.717, 1.165) is 5.69 Å². The van der Waals surface area contributed by atoms with Gasteiger partial charge in [-0.1, -0.05) is 13.8 Å². The molecule has 0 aromatic carbocycles. The number of aromatic nitrogens is 1. The molecule has 2 heterocycles. The summed E-state index contributed by atoms with van der Waals surface area (Å²) in [6.45, 7) is 5.19. The van der Waals surface area contributed by atoms with E-state index in [-0.39, 0.29) is 24.5 Å². The second-order valence-electron chi connectivity index (χ2n) is 5.37. The number of hydrogen-bond acceptors (Lipinski definition) is 6. The van der Waals surface area contributed by atoms with Crippen molar-refractivity contribution in [1.82, 2.24) is 9.88 Å². The van der Waals surface area contributed by atoms with E-state index in [0.29, 0.717) is 31.1 Å². The number of aliphatic hydroxyl groups is 1. The van der Waals surface area contributed by atoms with Gasteiger partial charge in [0.1, 0.15) is 5.82 Å². The fraction of sp³-hybridized carbons (Fsp3) is 0.571. The number of amides is 1. The molecule has 21 heavy (non-hydrogen) atoms. The summed E-state index contributed by atoms with van der Waals surface area (Å²) in [6, 6.07) is 3.09. The average molecular weight is 294 g/mol. The topological polar surface area (TPSA) is 101 Å². The maximum atomic E-state index is 12.7. The predicted octanol–water partition coefficient (Wildman–Crippen LogP) is 0.324. The third-order valence-corrected chi connectivity index (χ3v) is 3.53. The van der Waals surface area contributed by atoms with Crippen LogP contribution in [0.2, 0.25) is 0 Å². The summed E-state index contributed by atoms with van der Waals surface area (Å²) < 4.78 is 5.30. The van der Waals surface area contributed by atoms with E-state index in [4.69, 9.17) is 10.6 Å². The maximum Gasteiger partial charge on any atom is 0.254 e. The summed E-state index contributed by atoms with van der Waals surface area (Å²) >= 11 is 0. The first-order valence-electron chi connectivity index (χ1n) is 7.05. The summed E-state index contributed by atoms with van der Waals surface area (Å²) in [4.78, 5) is 18.7. The number of hydrogen-bond donors (Lipinski definition) is 3. The molecule has 1 aromatic heterocycles. The van der Waals surface area contributed by atoms with Gasteiger partial charge in [0.05, 0.1) is 25.9 Å². The number of morpholine rings is 1. The molecule has 1 unspecified atom stereocenters. The van der Waals surface area contributed by atoms with Crippen LogP contribution in [0.1, 0.15) is 35.8 Å².